The maximum Gasteiger partial charge on any atom is 0.254 e. The van der Waals surface area contributed by atoms with Crippen LogP contribution in [-0.4, -0.2) is 58.3 Å². The van der Waals surface area contributed by atoms with Gasteiger partial charge in [-0.3, -0.25) is 4.79 Å². The number of rotatable bonds is 8. The number of likely N-dealkylation sites (tertiary alicyclic amines) is 1. The Bertz CT molecular complexity index is 906. The fraction of sp³-hybridized carbons (Fsp3) is 0.667. The summed E-state index contributed by atoms with van der Waals surface area (Å²) < 4.78 is 33.7. The van der Waals surface area contributed by atoms with Crippen LogP contribution in [0.5, 0.6) is 5.75 Å². The summed E-state index contributed by atoms with van der Waals surface area (Å²) in [5.74, 6) is 0.234. The van der Waals surface area contributed by atoms with Crippen molar-refractivity contribution in [3.63, 3.8) is 0 Å². The minimum Gasteiger partial charge on any atom is -0.598 e. The molecule has 2 fully saturated rings. The zero-order chi connectivity index (χ0) is 26.0. The smallest absolute Gasteiger partial charge is 0.254 e. The lowest BCUT2D eigenvalue weighted by Crippen LogP contribution is -2.48. The van der Waals surface area contributed by atoms with Gasteiger partial charge in [0.1, 0.15) is 17.1 Å². The van der Waals surface area contributed by atoms with E-state index in [-0.39, 0.29) is 24.5 Å². The van der Waals surface area contributed by atoms with Crippen molar-refractivity contribution in [3.05, 3.63) is 41.5 Å². The molecule has 35 heavy (non-hydrogen) atoms. The average molecular weight is 507 g/mol. The fourth-order valence-electron chi connectivity index (χ4n) is 4.50. The number of aryl methyl sites for hydroxylation is 2. The first-order valence-electron chi connectivity index (χ1n) is 12.5. The van der Waals surface area contributed by atoms with E-state index in [0.717, 1.165) is 35.3 Å². The predicted octanol–water partition coefficient (Wildman–Crippen LogP) is 4.35. The summed E-state index contributed by atoms with van der Waals surface area (Å²) in [4.78, 5) is 14.9. The number of carbonyl (C=O) groups is 1. The summed E-state index contributed by atoms with van der Waals surface area (Å²) in [6.07, 6.45) is 2.75. The number of nitrogens with one attached hydrogen (secondary N) is 1. The second kappa shape index (κ2) is 11.2. The van der Waals surface area contributed by atoms with Gasteiger partial charge in [0, 0.05) is 30.0 Å². The number of piperidine rings is 1. The normalized spacial score (nSPS) is 22.6. The SMILES string of the molecule is C=CCOc1cc(C)c(C)cc1C(N[S+]([O-])C(C)(C)C)C1CCN(C(=O)[C@H]2COC(C)(C)O2)CC1. The van der Waals surface area contributed by atoms with Crippen molar-refractivity contribution in [2.24, 2.45) is 5.92 Å². The first-order chi connectivity index (χ1) is 16.3. The van der Waals surface area contributed by atoms with Crippen LogP contribution in [0.1, 0.15) is 70.2 Å². The Kier molecular flexibility index (Phi) is 8.97. The van der Waals surface area contributed by atoms with E-state index in [4.69, 9.17) is 14.2 Å². The first-order valence-corrected chi connectivity index (χ1v) is 13.6. The molecule has 3 rings (SSSR count). The van der Waals surface area contributed by atoms with E-state index >= 15 is 0 Å². The molecule has 2 aliphatic rings. The lowest BCUT2D eigenvalue weighted by atomic mass is 9.84. The Morgan fingerprint density at radius 2 is 1.94 bits per heavy atom. The second-order valence-electron chi connectivity index (χ2n) is 11.0. The molecule has 1 aromatic rings. The summed E-state index contributed by atoms with van der Waals surface area (Å²) in [5, 5.41) is 0. The highest BCUT2D eigenvalue weighted by Crippen LogP contribution is 2.39. The van der Waals surface area contributed by atoms with Crippen molar-refractivity contribution >= 4 is 17.3 Å². The quantitative estimate of drug-likeness (QED) is 0.417. The maximum absolute atomic E-state index is 13.2. The monoisotopic (exact) mass is 506 g/mol. The number of benzene rings is 1. The second-order valence-corrected chi connectivity index (χ2v) is 13.0. The summed E-state index contributed by atoms with van der Waals surface area (Å²) in [6, 6.07) is 4.03. The number of nitrogens with zero attached hydrogens (tertiary/aromatic N) is 1. The fourth-order valence-corrected chi connectivity index (χ4v) is 5.40. The van der Waals surface area contributed by atoms with Gasteiger partial charge in [-0.1, -0.05) is 18.7 Å². The van der Waals surface area contributed by atoms with Crippen LogP contribution < -0.4 is 9.46 Å². The third kappa shape index (κ3) is 7.01. The Balaban J connectivity index is 1.82. The Morgan fingerprint density at radius 3 is 2.49 bits per heavy atom. The highest BCUT2D eigenvalue weighted by atomic mass is 32.2. The van der Waals surface area contributed by atoms with Crippen LogP contribution in [0.25, 0.3) is 0 Å². The van der Waals surface area contributed by atoms with Crippen molar-refractivity contribution in [1.82, 2.24) is 9.62 Å². The average Bonchev–Trinajstić information content (AvgIpc) is 3.16. The number of carbonyl (C=O) groups excluding carboxylic acids is 1. The number of hydrogen-bond donors (Lipinski definition) is 1. The van der Waals surface area contributed by atoms with E-state index in [9.17, 15) is 9.35 Å². The minimum absolute atomic E-state index is 0.0158. The molecule has 0 bridgehead atoms. The third-order valence-corrected chi connectivity index (χ3v) is 8.29. The molecule has 2 heterocycles. The molecule has 1 amide bonds. The van der Waals surface area contributed by atoms with Gasteiger partial charge in [0.2, 0.25) is 0 Å². The summed E-state index contributed by atoms with van der Waals surface area (Å²) >= 11 is -1.27. The molecule has 0 aromatic heterocycles. The standard InChI is InChI=1S/C27H42N2O5S/c1-9-14-32-22-16-19(3)18(2)15-21(22)24(28-35(31)26(4,5)6)20-10-12-29(13-11-20)25(30)23-17-33-27(7,8)34-23/h9,15-16,20,23-24,28H,1,10-14,17H2,2-8H3/t23-,24?,35?/m1/s1. The molecule has 0 saturated carbocycles. The Hall–Kier alpha value is -1.58. The molecule has 2 saturated heterocycles. The molecule has 0 spiro atoms. The summed E-state index contributed by atoms with van der Waals surface area (Å²) in [6.45, 7) is 19.4. The highest BCUT2D eigenvalue weighted by molar-refractivity contribution is 7.90. The van der Waals surface area contributed by atoms with Gasteiger partial charge in [-0.15, -0.1) is 4.72 Å². The van der Waals surface area contributed by atoms with Gasteiger partial charge in [-0.05, 0) is 84.4 Å². The molecule has 8 heteroatoms. The Labute approximate surface area is 213 Å². The molecule has 1 N–H and O–H groups in total. The van der Waals surface area contributed by atoms with E-state index in [0.29, 0.717) is 19.7 Å². The topological polar surface area (TPSA) is 83.1 Å². The first kappa shape index (κ1) is 28.0. The lowest BCUT2D eigenvalue weighted by molar-refractivity contribution is -0.161. The van der Waals surface area contributed by atoms with Crippen LogP contribution in [0.15, 0.2) is 24.8 Å². The van der Waals surface area contributed by atoms with E-state index in [2.05, 4.69) is 37.3 Å². The minimum atomic E-state index is -1.27. The lowest BCUT2D eigenvalue weighted by Gasteiger charge is -2.38. The molecule has 0 radical (unpaired) electrons. The zero-order valence-electron chi connectivity index (χ0n) is 22.3. The highest BCUT2D eigenvalue weighted by Gasteiger charge is 2.41. The molecule has 2 unspecified atom stereocenters. The van der Waals surface area contributed by atoms with Crippen molar-refractivity contribution in [3.8, 4) is 5.75 Å². The number of amides is 1. The molecule has 2 aliphatic heterocycles. The van der Waals surface area contributed by atoms with Gasteiger partial charge in [0.05, 0.1) is 12.6 Å². The van der Waals surface area contributed by atoms with Crippen LogP contribution in [-0.2, 0) is 25.6 Å². The molecular formula is C27H42N2O5S. The van der Waals surface area contributed by atoms with E-state index in [1.54, 1.807) is 6.08 Å². The zero-order valence-corrected chi connectivity index (χ0v) is 23.1. The van der Waals surface area contributed by atoms with Crippen molar-refractivity contribution < 1.29 is 23.6 Å². The van der Waals surface area contributed by atoms with Crippen LogP contribution in [0.3, 0.4) is 0 Å². The summed E-state index contributed by atoms with van der Waals surface area (Å²) in [7, 11) is 0. The van der Waals surface area contributed by atoms with Crippen LogP contribution >= 0.6 is 0 Å². The van der Waals surface area contributed by atoms with Gasteiger partial charge in [-0.25, -0.2) is 0 Å². The van der Waals surface area contributed by atoms with E-state index in [1.165, 1.54) is 0 Å². The third-order valence-electron chi connectivity index (χ3n) is 6.71. The number of ether oxygens (including phenoxy) is 3. The van der Waals surface area contributed by atoms with E-state index < -0.39 is 28.0 Å². The molecular weight excluding hydrogens is 464 g/mol. The molecule has 0 aliphatic carbocycles. The van der Waals surface area contributed by atoms with Crippen molar-refractivity contribution in [1.29, 1.82) is 0 Å². The van der Waals surface area contributed by atoms with Gasteiger partial charge < -0.3 is 23.7 Å². The van der Waals surface area contributed by atoms with E-state index in [1.807, 2.05) is 39.5 Å². The molecule has 3 atom stereocenters. The van der Waals surface area contributed by atoms with Gasteiger partial charge in [-0.2, -0.15) is 0 Å². The van der Waals surface area contributed by atoms with Gasteiger partial charge in [0.15, 0.2) is 11.9 Å². The maximum atomic E-state index is 13.2. The molecule has 196 valence electrons. The predicted molar refractivity (Wildman–Crippen MR) is 140 cm³/mol. The largest absolute Gasteiger partial charge is 0.598 e. The molecule has 7 nitrogen and oxygen atoms in total. The van der Waals surface area contributed by atoms with Gasteiger partial charge >= 0.3 is 0 Å². The van der Waals surface area contributed by atoms with Crippen molar-refractivity contribution in [2.75, 3.05) is 26.3 Å². The Morgan fingerprint density at radius 1 is 1.31 bits per heavy atom. The number of hydrogen-bond acceptors (Lipinski definition) is 6. The van der Waals surface area contributed by atoms with Crippen LogP contribution in [0.2, 0.25) is 0 Å². The van der Waals surface area contributed by atoms with Crippen LogP contribution in [0.4, 0.5) is 0 Å². The van der Waals surface area contributed by atoms with Gasteiger partial charge in [0.25, 0.3) is 5.91 Å². The van der Waals surface area contributed by atoms with Crippen molar-refractivity contribution in [2.45, 2.75) is 84.0 Å². The summed E-state index contributed by atoms with van der Waals surface area (Å²) in [5.41, 5.74) is 3.31. The molecule has 1 aromatic carbocycles. The van der Waals surface area contributed by atoms with Crippen LogP contribution in [0, 0.1) is 19.8 Å².